The molecule has 0 spiro atoms. The Labute approximate surface area is 180 Å². The third-order valence-corrected chi connectivity index (χ3v) is 6.11. The van der Waals surface area contributed by atoms with Crippen LogP contribution in [-0.2, 0) is 5.75 Å². The third-order valence-electron chi connectivity index (χ3n) is 4.11. The molecule has 10 heteroatoms. The lowest BCUT2D eigenvalue weighted by Gasteiger charge is -2.05. The van der Waals surface area contributed by atoms with Crippen LogP contribution in [0.15, 0.2) is 57.8 Å². The average Bonchev–Trinajstić information content (AvgIpc) is 3.14. The molecule has 0 aliphatic carbocycles. The molecule has 0 unspecified atom stereocenters. The second-order valence-corrected chi connectivity index (χ2v) is 8.83. The quantitative estimate of drug-likeness (QED) is 0.359. The van der Waals surface area contributed by atoms with Crippen LogP contribution in [0.5, 0.6) is 0 Å². The lowest BCUT2D eigenvalue weighted by molar-refractivity contribution is 0.262. The molecule has 0 fully saturated rings. The molecule has 2 amide bonds. The fraction of sp³-hybridized carbons (Fsp3) is 0.150. The van der Waals surface area contributed by atoms with E-state index in [1.165, 1.54) is 33.6 Å². The topological polar surface area (TPSA) is 101 Å². The number of carbonyl (C=O) groups is 1. The first-order chi connectivity index (χ1) is 14.5. The number of carbonyl (C=O) groups excluding carboxylic acids is 1. The fourth-order valence-corrected chi connectivity index (χ4v) is 4.41. The number of urea groups is 1. The Morgan fingerprint density at radius 1 is 1.10 bits per heavy atom. The first-order valence-electron chi connectivity index (χ1n) is 9.06. The monoisotopic (exact) mass is 438 g/mol. The van der Waals surface area contributed by atoms with E-state index in [2.05, 4.69) is 25.8 Å². The van der Waals surface area contributed by atoms with Crippen molar-refractivity contribution in [1.29, 1.82) is 0 Å². The molecular formula is C20H18N6O2S2. The summed E-state index contributed by atoms with van der Waals surface area (Å²) in [5, 5.41) is 13.9. The average molecular weight is 439 g/mol. The maximum Gasteiger partial charge on any atom is 0.325 e. The van der Waals surface area contributed by atoms with Crippen molar-refractivity contribution in [2.24, 2.45) is 0 Å². The molecule has 0 saturated carbocycles. The lowest BCUT2D eigenvalue weighted by atomic mass is 10.2. The number of pyridine rings is 1. The Balaban J connectivity index is 1.38. The van der Waals surface area contributed by atoms with Gasteiger partial charge in [0.15, 0.2) is 4.34 Å². The normalized spacial score (nSPS) is 10.9. The third kappa shape index (κ3) is 4.84. The second kappa shape index (κ2) is 8.64. The number of benzene rings is 1. The number of hydrogen-bond donors (Lipinski definition) is 2. The Morgan fingerprint density at radius 3 is 2.80 bits per heavy atom. The molecule has 2 N–H and O–H groups in total. The molecule has 3 heterocycles. The second-order valence-electron chi connectivity index (χ2n) is 6.63. The van der Waals surface area contributed by atoms with E-state index in [4.69, 9.17) is 0 Å². The number of anilines is 2. The number of nitrogens with zero attached hydrogens (tertiary/aromatic N) is 4. The van der Waals surface area contributed by atoms with Gasteiger partial charge in [-0.1, -0.05) is 41.3 Å². The largest absolute Gasteiger partial charge is 0.325 e. The van der Waals surface area contributed by atoms with Crippen molar-refractivity contribution < 1.29 is 4.79 Å². The molecule has 0 bridgehead atoms. The van der Waals surface area contributed by atoms with Crippen molar-refractivity contribution >= 4 is 45.6 Å². The predicted molar refractivity (Wildman–Crippen MR) is 119 cm³/mol. The van der Waals surface area contributed by atoms with Gasteiger partial charge in [0.1, 0.15) is 5.65 Å². The molecule has 30 heavy (non-hydrogen) atoms. The van der Waals surface area contributed by atoms with E-state index >= 15 is 0 Å². The van der Waals surface area contributed by atoms with Crippen molar-refractivity contribution in [2.45, 2.75) is 23.9 Å². The van der Waals surface area contributed by atoms with Gasteiger partial charge in [-0.05, 0) is 43.2 Å². The number of hydrogen-bond acceptors (Lipinski definition) is 7. The van der Waals surface area contributed by atoms with E-state index in [1.807, 2.05) is 50.2 Å². The zero-order valence-corrected chi connectivity index (χ0v) is 17.9. The zero-order valence-electron chi connectivity index (χ0n) is 16.2. The predicted octanol–water partition coefficient (Wildman–Crippen LogP) is 4.10. The Morgan fingerprint density at radius 2 is 1.97 bits per heavy atom. The Bertz CT molecular complexity index is 1280. The molecule has 8 nitrogen and oxygen atoms in total. The number of fused-ring (bicyclic) bond motifs is 1. The van der Waals surface area contributed by atoms with Gasteiger partial charge in [-0.25, -0.2) is 9.78 Å². The number of nitrogens with one attached hydrogen (secondary N) is 2. The standard InChI is InChI=1S/C20H18N6O2S2/c1-12-4-3-5-14(8-12)22-18(28)23-19-24-25-20(30-19)29-11-15-9-17(27)26-10-13(2)6-7-16(26)21-15/h3-10H,11H2,1-2H3,(H2,22,23,24,28). The zero-order chi connectivity index (χ0) is 21.1. The smallest absolute Gasteiger partial charge is 0.308 e. The minimum atomic E-state index is -0.382. The lowest BCUT2D eigenvalue weighted by Crippen LogP contribution is -2.19. The van der Waals surface area contributed by atoms with Gasteiger partial charge in [0.2, 0.25) is 5.13 Å². The number of aromatic nitrogens is 4. The Hall–Kier alpha value is -3.24. The van der Waals surface area contributed by atoms with Crippen LogP contribution in [-0.4, -0.2) is 25.6 Å². The summed E-state index contributed by atoms with van der Waals surface area (Å²) in [5.74, 6) is 0.476. The van der Waals surface area contributed by atoms with Crippen molar-refractivity contribution in [3.8, 4) is 0 Å². The van der Waals surface area contributed by atoms with E-state index in [-0.39, 0.29) is 11.6 Å². The minimum Gasteiger partial charge on any atom is -0.308 e. The molecule has 152 valence electrons. The Kier molecular flexibility index (Phi) is 5.77. The number of aryl methyl sites for hydroxylation is 2. The van der Waals surface area contributed by atoms with Crippen LogP contribution in [0.1, 0.15) is 16.8 Å². The molecular weight excluding hydrogens is 420 g/mol. The van der Waals surface area contributed by atoms with E-state index in [9.17, 15) is 9.59 Å². The molecule has 0 atom stereocenters. The summed E-state index contributed by atoms with van der Waals surface area (Å²) in [7, 11) is 0. The molecule has 4 rings (SSSR count). The van der Waals surface area contributed by atoms with Crippen LogP contribution < -0.4 is 16.2 Å². The number of thioether (sulfide) groups is 1. The molecule has 0 radical (unpaired) electrons. The summed E-state index contributed by atoms with van der Waals surface area (Å²) < 4.78 is 2.20. The highest BCUT2D eigenvalue weighted by Crippen LogP contribution is 2.27. The minimum absolute atomic E-state index is 0.119. The number of rotatable bonds is 5. The highest BCUT2D eigenvalue weighted by molar-refractivity contribution is 8.00. The van der Waals surface area contributed by atoms with Crippen LogP contribution in [0.2, 0.25) is 0 Å². The highest BCUT2D eigenvalue weighted by Gasteiger charge is 2.10. The van der Waals surface area contributed by atoms with E-state index in [1.54, 1.807) is 6.20 Å². The molecule has 0 aliphatic heterocycles. The fourth-order valence-electron chi connectivity index (χ4n) is 2.77. The molecule has 4 aromatic rings. The van der Waals surface area contributed by atoms with Gasteiger partial charge in [0.05, 0.1) is 5.69 Å². The van der Waals surface area contributed by atoms with Gasteiger partial charge in [-0.2, -0.15) is 0 Å². The van der Waals surface area contributed by atoms with Gasteiger partial charge in [0, 0.05) is 23.7 Å². The molecule has 3 aromatic heterocycles. The molecule has 0 saturated heterocycles. The van der Waals surface area contributed by atoms with Crippen molar-refractivity contribution in [2.75, 3.05) is 10.6 Å². The van der Waals surface area contributed by atoms with Gasteiger partial charge in [-0.3, -0.25) is 14.5 Å². The van der Waals surface area contributed by atoms with Crippen LogP contribution in [0.3, 0.4) is 0 Å². The van der Waals surface area contributed by atoms with Crippen LogP contribution in [0.25, 0.3) is 5.65 Å². The summed E-state index contributed by atoms with van der Waals surface area (Å²) in [4.78, 5) is 28.9. The molecule has 0 aliphatic rings. The van der Waals surface area contributed by atoms with Crippen molar-refractivity contribution in [3.63, 3.8) is 0 Å². The number of amides is 2. The summed E-state index contributed by atoms with van der Waals surface area (Å²) in [5.41, 5.74) is 3.91. The summed E-state index contributed by atoms with van der Waals surface area (Å²) in [6.45, 7) is 3.88. The van der Waals surface area contributed by atoms with Crippen molar-refractivity contribution in [3.05, 3.63) is 75.8 Å². The van der Waals surface area contributed by atoms with Crippen LogP contribution >= 0.6 is 23.1 Å². The van der Waals surface area contributed by atoms with Gasteiger partial charge in [-0.15, -0.1) is 10.2 Å². The van der Waals surface area contributed by atoms with E-state index in [0.717, 1.165) is 11.1 Å². The maximum atomic E-state index is 12.3. The highest BCUT2D eigenvalue weighted by atomic mass is 32.2. The first-order valence-corrected chi connectivity index (χ1v) is 10.9. The van der Waals surface area contributed by atoms with Gasteiger partial charge in [0.25, 0.3) is 5.56 Å². The molecule has 1 aromatic carbocycles. The van der Waals surface area contributed by atoms with Crippen LogP contribution in [0, 0.1) is 13.8 Å². The first kappa shape index (κ1) is 20.0. The van der Waals surface area contributed by atoms with Gasteiger partial charge < -0.3 is 5.32 Å². The van der Waals surface area contributed by atoms with E-state index < -0.39 is 0 Å². The van der Waals surface area contributed by atoms with Crippen LogP contribution in [0.4, 0.5) is 15.6 Å². The summed E-state index contributed by atoms with van der Waals surface area (Å²) in [6.07, 6.45) is 1.77. The van der Waals surface area contributed by atoms with E-state index in [0.29, 0.717) is 32.3 Å². The summed E-state index contributed by atoms with van der Waals surface area (Å²) >= 11 is 2.67. The SMILES string of the molecule is Cc1cccc(NC(=O)Nc2nnc(SCc3cc(=O)n4cc(C)ccc4n3)s2)c1. The van der Waals surface area contributed by atoms with Gasteiger partial charge >= 0.3 is 6.03 Å². The summed E-state index contributed by atoms with van der Waals surface area (Å²) in [6, 6.07) is 12.4. The van der Waals surface area contributed by atoms with Crippen molar-refractivity contribution in [1.82, 2.24) is 19.6 Å². The maximum absolute atomic E-state index is 12.3.